The van der Waals surface area contributed by atoms with Crippen LogP contribution >= 0.6 is 11.6 Å². The van der Waals surface area contributed by atoms with Gasteiger partial charge in [0.2, 0.25) is 5.91 Å². The molecule has 170 valence electrons. The summed E-state index contributed by atoms with van der Waals surface area (Å²) in [6.45, 7) is 0.961. The third-order valence-corrected chi connectivity index (χ3v) is 6.15. The fraction of sp³-hybridized carbons (Fsp3) is 0.391. The second kappa shape index (κ2) is 9.32. The Morgan fingerprint density at radius 2 is 1.88 bits per heavy atom. The maximum Gasteiger partial charge on any atom is 0.318 e. The molecule has 0 aromatic heterocycles. The van der Waals surface area contributed by atoms with Crippen molar-refractivity contribution in [2.75, 3.05) is 20.2 Å². The third-order valence-electron chi connectivity index (χ3n) is 5.90. The summed E-state index contributed by atoms with van der Waals surface area (Å²) in [4.78, 5) is 29.2. The lowest BCUT2D eigenvalue weighted by atomic mass is 9.99. The summed E-state index contributed by atoms with van der Waals surface area (Å²) in [5, 5.41) is 3.40. The number of likely N-dealkylation sites (N-methyl/N-ethyl adjacent to an activating group) is 1. The Morgan fingerprint density at radius 1 is 1.16 bits per heavy atom. The molecular weight excluding hydrogens is 440 g/mol. The number of carbonyl (C=O) groups excluding carboxylic acids is 2. The van der Waals surface area contributed by atoms with Crippen molar-refractivity contribution in [3.05, 3.63) is 64.2 Å². The van der Waals surface area contributed by atoms with Crippen molar-refractivity contribution in [2.45, 2.75) is 37.9 Å². The van der Waals surface area contributed by atoms with Crippen LogP contribution in [0.4, 0.5) is 13.6 Å². The average molecular weight is 464 g/mol. The van der Waals surface area contributed by atoms with Gasteiger partial charge in [-0.2, -0.15) is 0 Å². The quantitative estimate of drug-likeness (QED) is 0.736. The summed E-state index contributed by atoms with van der Waals surface area (Å²) in [6, 6.07) is 7.44. The molecule has 0 saturated carbocycles. The Hall–Kier alpha value is -2.87. The van der Waals surface area contributed by atoms with Crippen molar-refractivity contribution in [1.82, 2.24) is 15.1 Å². The van der Waals surface area contributed by atoms with Crippen LogP contribution in [0.2, 0.25) is 5.02 Å². The van der Waals surface area contributed by atoms with E-state index in [4.69, 9.17) is 16.3 Å². The van der Waals surface area contributed by atoms with Crippen LogP contribution in [0.15, 0.2) is 36.4 Å². The number of carbonyl (C=O) groups is 2. The lowest BCUT2D eigenvalue weighted by Crippen LogP contribution is -2.50. The number of amides is 3. The molecule has 1 fully saturated rings. The molecule has 32 heavy (non-hydrogen) atoms. The van der Waals surface area contributed by atoms with Crippen LogP contribution in [0, 0.1) is 11.6 Å². The number of ether oxygens (including phenoxy) is 1. The molecule has 1 saturated heterocycles. The number of hydrogen-bond donors (Lipinski definition) is 1. The molecule has 0 aliphatic carbocycles. The SMILES string of the molecule is CN(Cc1ccc(Cl)cc1)C(=O)C1CCCN1C(=O)N[C@H]1CCOc2c(F)ccc(F)c21. The van der Waals surface area contributed by atoms with E-state index in [2.05, 4.69) is 5.32 Å². The second-order valence-corrected chi connectivity index (χ2v) is 8.52. The van der Waals surface area contributed by atoms with Gasteiger partial charge in [0.15, 0.2) is 11.6 Å². The predicted molar refractivity (Wildman–Crippen MR) is 115 cm³/mol. The molecule has 2 atom stereocenters. The van der Waals surface area contributed by atoms with Crippen LogP contribution in [0.5, 0.6) is 5.75 Å². The number of urea groups is 1. The molecule has 2 aliphatic heterocycles. The Bertz CT molecular complexity index is 1020. The highest BCUT2D eigenvalue weighted by atomic mass is 35.5. The zero-order valence-corrected chi connectivity index (χ0v) is 18.4. The third kappa shape index (κ3) is 4.50. The Balaban J connectivity index is 1.45. The van der Waals surface area contributed by atoms with E-state index in [0.717, 1.165) is 17.7 Å². The van der Waals surface area contributed by atoms with E-state index < -0.39 is 29.7 Å². The standard InChI is InChI=1S/C23H24ClF2N3O3/c1-28(13-14-4-6-15(24)7-5-14)22(30)19-3-2-11-29(19)23(31)27-18-10-12-32-21-17(26)9-8-16(25)20(18)21/h4-9,18-19H,2-3,10-13H2,1H3,(H,27,31)/t18-,19?/m0/s1. The summed E-state index contributed by atoms with van der Waals surface area (Å²) >= 11 is 5.91. The lowest BCUT2D eigenvalue weighted by molar-refractivity contribution is -0.134. The highest BCUT2D eigenvalue weighted by Crippen LogP contribution is 2.36. The summed E-state index contributed by atoms with van der Waals surface area (Å²) in [6.07, 6.45) is 1.54. The number of rotatable bonds is 4. The molecule has 4 rings (SSSR count). The van der Waals surface area contributed by atoms with Gasteiger partial charge in [0.05, 0.1) is 18.2 Å². The number of hydrogen-bond acceptors (Lipinski definition) is 3. The highest BCUT2D eigenvalue weighted by Gasteiger charge is 2.38. The normalized spacial score (nSPS) is 19.8. The van der Waals surface area contributed by atoms with E-state index in [1.54, 1.807) is 24.1 Å². The summed E-state index contributed by atoms with van der Waals surface area (Å²) in [5.74, 6) is -1.64. The fourth-order valence-corrected chi connectivity index (χ4v) is 4.41. The number of likely N-dealkylation sites (tertiary alicyclic amines) is 1. The van der Waals surface area contributed by atoms with E-state index in [0.29, 0.717) is 37.4 Å². The fourth-order valence-electron chi connectivity index (χ4n) is 4.28. The smallest absolute Gasteiger partial charge is 0.318 e. The van der Waals surface area contributed by atoms with Gasteiger partial charge in [-0.1, -0.05) is 23.7 Å². The zero-order valence-electron chi connectivity index (χ0n) is 17.6. The van der Waals surface area contributed by atoms with Crippen LogP contribution in [-0.4, -0.2) is 48.0 Å². The van der Waals surface area contributed by atoms with Crippen molar-refractivity contribution in [3.8, 4) is 5.75 Å². The van der Waals surface area contributed by atoms with E-state index in [1.807, 2.05) is 12.1 Å². The molecule has 6 nitrogen and oxygen atoms in total. The molecular formula is C23H24ClF2N3O3. The van der Waals surface area contributed by atoms with Crippen LogP contribution in [0.1, 0.15) is 36.4 Å². The monoisotopic (exact) mass is 463 g/mol. The van der Waals surface area contributed by atoms with E-state index in [9.17, 15) is 18.4 Å². The van der Waals surface area contributed by atoms with E-state index in [-0.39, 0.29) is 23.8 Å². The maximum absolute atomic E-state index is 14.4. The van der Waals surface area contributed by atoms with Gasteiger partial charge < -0.3 is 19.9 Å². The van der Waals surface area contributed by atoms with Gasteiger partial charge in [0.1, 0.15) is 11.9 Å². The topological polar surface area (TPSA) is 61.9 Å². The number of nitrogens with one attached hydrogen (secondary N) is 1. The highest BCUT2D eigenvalue weighted by molar-refractivity contribution is 6.30. The van der Waals surface area contributed by atoms with Gasteiger partial charge in [-0.3, -0.25) is 4.79 Å². The average Bonchev–Trinajstić information content (AvgIpc) is 3.27. The van der Waals surface area contributed by atoms with Gasteiger partial charge in [-0.05, 0) is 42.7 Å². The Morgan fingerprint density at radius 3 is 2.62 bits per heavy atom. The minimum absolute atomic E-state index is 0.00605. The first-order valence-electron chi connectivity index (χ1n) is 10.5. The molecule has 2 heterocycles. The summed E-state index contributed by atoms with van der Waals surface area (Å²) < 4.78 is 33.7. The Kier molecular flexibility index (Phi) is 6.50. The molecule has 1 unspecified atom stereocenters. The number of fused-ring (bicyclic) bond motifs is 1. The molecule has 2 aromatic carbocycles. The molecule has 0 bridgehead atoms. The van der Waals surface area contributed by atoms with E-state index >= 15 is 0 Å². The van der Waals surface area contributed by atoms with Gasteiger partial charge in [-0.15, -0.1) is 0 Å². The summed E-state index contributed by atoms with van der Waals surface area (Å²) in [7, 11) is 1.69. The first-order chi connectivity index (χ1) is 15.3. The van der Waals surface area contributed by atoms with Crippen LogP contribution < -0.4 is 10.1 Å². The lowest BCUT2D eigenvalue weighted by Gasteiger charge is -2.32. The van der Waals surface area contributed by atoms with Crippen LogP contribution in [0.3, 0.4) is 0 Å². The zero-order chi connectivity index (χ0) is 22.8. The van der Waals surface area contributed by atoms with Crippen molar-refractivity contribution in [2.24, 2.45) is 0 Å². The molecule has 0 spiro atoms. The molecule has 0 radical (unpaired) electrons. The Labute approximate surface area is 190 Å². The maximum atomic E-state index is 14.4. The molecule has 1 N–H and O–H groups in total. The van der Waals surface area contributed by atoms with Gasteiger partial charge in [0, 0.05) is 31.6 Å². The molecule has 2 aromatic rings. The van der Waals surface area contributed by atoms with Crippen molar-refractivity contribution >= 4 is 23.5 Å². The van der Waals surface area contributed by atoms with Crippen LogP contribution in [-0.2, 0) is 11.3 Å². The van der Waals surface area contributed by atoms with Gasteiger partial charge in [0.25, 0.3) is 0 Å². The first-order valence-corrected chi connectivity index (χ1v) is 10.9. The number of benzene rings is 2. The largest absolute Gasteiger partial charge is 0.490 e. The number of halogens is 3. The van der Waals surface area contributed by atoms with Crippen LogP contribution in [0.25, 0.3) is 0 Å². The van der Waals surface area contributed by atoms with E-state index in [1.165, 1.54) is 4.90 Å². The minimum atomic E-state index is -0.731. The van der Waals surface area contributed by atoms with Crippen molar-refractivity contribution < 1.29 is 23.1 Å². The van der Waals surface area contributed by atoms with Gasteiger partial charge >= 0.3 is 6.03 Å². The minimum Gasteiger partial charge on any atom is -0.490 e. The van der Waals surface area contributed by atoms with Crippen molar-refractivity contribution in [1.29, 1.82) is 0 Å². The summed E-state index contributed by atoms with van der Waals surface area (Å²) in [5.41, 5.74) is 0.932. The first kappa shape index (κ1) is 22.3. The predicted octanol–water partition coefficient (Wildman–Crippen LogP) is 4.27. The molecule has 3 amide bonds. The molecule has 2 aliphatic rings. The number of nitrogens with zero attached hydrogens (tertiary/aromatic N) is 2. The van der Waals surface area contributed by atoms with Gasteiger partial charge in [-0.25, -0.2) is 13.6 Å². The molecule has 9 heteroatoms. The second-order valence-electron chi connectivity index (χ2n) is 8.08. The van der Waals surface area contributed by atoms with Crippen molar-refractivity contribution in [3.63, 3.8) is 0 Å².